The molecule has 1 rings (SSSR count). The van der Waals surface area contributed by atoms with Gasteiger partial charge in [-0.15, -0.1) is 0 Å². The van der Waals surface area contributed by atoms with E-state index in [4.69, 9.17) is 4.43 Å². The summed E-state index contributed by atoms with van der Waals surface area (Å²) in [6.45, 7) is 13.4. The van der Waals surface area contributed by atoms with E-state index >= 15 is 0 Å². The van der Waals surface area contributed by atoms with Gasteiger partial charge in [-0.05, 0) is 86.0 Å². The van der Waals surface area contributed by atoms with E-state index in [1.807, 2.05) is 4.90 Å². The van der Waals surface area contributed by atoms with Gasteiger partial charge in [-0.3, -0.25) is 43.6 Å². The Balaban J connectivity index is 3.31. The van der Waals surface area contributed by atoms with Gasteiger partial charge in [0.2, 0.25) is 20.9 Å². The predicted octanol–water partition coefficient (Wildman–Crippen LogP) is -0.657. The molecular formula is C37H74N9O6Si. The number of nitrogens with one attached hydrogen (secondary N) is 3. The Kier molecular flexibility index (Phi) is 26.1. The minimum atomic E-state index is -0.795. The SMILES string of the molecule is CNCC(=O)CN1CCCN(CC(=O)N(C)C)CCN(CC(=O)N(C)C)CC(C(=O)CCCNCCC[Si](C)OC(C)C)CN(CC(=O)CNC)CC1. The highest BCUT2D eigenvalue weighted by atomic mass is 28.3. The molecule has 1 aliphatic rings. The standard InChI is InChI=1S/C37H74N9O6Si/c1-31(2)52-53(9)22-11-15-40-14-10-13-35(49)32-25-45(28-34(48)24-39-4)20-18-43(27-33(47)23-38-3)16-12-17-44(29-36(50)41(5)6)19-21-46(26-32)30-37(51)42(7)8/h31-32,38-40H,10-30H2,1-9H3. The molecule has 1 unspecified atom stereocenters. The molecule has 0 aromatic carbocycles. The predicted molar refractivity (Wildman–Crippen MR) is 213 cm³/mol. The van der Waals surface area contributed by atoms with Gasteiger partial charge in [0.1, 0.15) is 5.78 Å². The lowest BCUT2D eigenvalue weighted by Gasteiger charge is -2.34. The molecule has 0 spiro atoms. The fourth-order valence-electron chi connectivity index (χ4n) is 6.29. The number of rotatable bonds is 23. The van der Waals surface area contributed by atoms with Crippen LogP contribution in [-0.2, 0) is 28.4 Å². The molecule has 1 heterocycles. The minimum absolute atomic E-state index is 0.00782. The Morgan fingerprint density at radius 2 is 1.15 bits per heavy atom. The van der Waals surface area contributed by atoms with Gasteiger partial charge in [-0.25, -0.2) is 0 Å². The van der Waals surface area contributed by atoms with Gasteiger partial charge in [-0.1, -0.05) is 0 Å². The highest BCUT2D eigenvalue weighted by Gasteiger charge is 2.28. The molecule has 2 amide bonds. The lowest BCUT2D eigenvalue weighted by molar-refractivity contribution is -0.132. The van der Waals surface area contributed by atoms with Gasteiger partial charge in [0.25, 0.3) is 0 Å². The molecule has 1 atom stereocenters. The van der Waals surface area contributed by atoms with Gasteiger partial charge >= 0.3 is 0 Å². The largest absolute Gasteiger partial charge is 0.415 e. The van der Waals surface area contributed by atoms with E-state index in [0.29, 0.717) is 65.2 Å². The Bertz CT molecular complexity index is 1080. The Hall–Kier alpha value is -2.15. The van der Waals surface area contributed by atoms with E-state index in [9.17, 15) is 24.0 Å². The van der Waals surface area contributed by atoms with Crippen molar-refractivity contribution >= 4 is 38.2 Å². The zero-order valence-electron chi connectivity index (χ0n) is 34.6. The molecule has 1 radical (unpaired) electrons. The van der Waals surface area contributed by atoms with Crippen molar-refractivity contribution in [2.45, 2.75) is 58.2 Å². The van der Waals surface area contributed by atoms with E-state index in [0.717, 1.165) is 32.0 Å². The molecule has 15 nitrogen and oxygen atoms in total. The van der Waals surface area contributed by atoms with E-state index < -0.39 is 15.0 Å². The van der Waals surface area contributed by atoms with Gasteiger partial charge in [0, 0.05) is 85.9 Å². The maximum absolute atomic E-state index is 14.1. The van der Waals surface area contributed by atoms with Gasteiger partial charge < -0.3 is 30.2 Å². The lowest BCUT2D eigenvalue weighted by atomic mass is 9.98. The van der Waals surface area contributed by atoms with Crippen molar-refractivity contribution in [3.05, 3.63) is 0 Å². The van der Waals surface area contributed by atoms with Gasteiger partial charge in [0.05, 0.1) is 39.3 Å². The smallest absolute Gasteiger partial charge is 0.236 e. The molecule has 0 aromatic heterocycles. The highest BCUT2D eigenvalue weighted by Crippen LogP contribution is 2.13. The number of amides is 2. The normalized spacial score (nSPS) is 17.9. The molecule has 53 heavy (non-hydrogen) atoms. The summed E-state index contributed by atoms with van der Waals surface area (Å²) in [4.78, 5) is 77.2. The number of nitrogens with zero attached hydrogens (tertiary/aromatic N) is 6. The molecule has 1 aliphatic heterocycles. The van der Waals surface area contributed by atoms with Crippen LogP contribution < -0.4 is 16.0 Å². The Morgan fingerprint density at radius 1 is 0.698 bits per heavy atom. The van der Waals surface area contributed by atoms with Crippen molar-refractivity contribution in [2.24, 2.45) is 5.92 Å². The third-order valence-electron chi connectivity index (χ3n) is 9.19. The maximum Gasteiger partial charge on any atom is 0.236 e. The molecular weight excluding hydrogens is 695 g/mol. The average Bonchev–Trinajstić information content (AvgIpc) is 3.07. The number of ketones is 3. The van der Waals surface area contributed by atoms with Crippen LogP contribution in [0.4, 0.5) is 0 Å². The molecule has 0 aromatic rings. The van der Waals surface area contributed by atoms with Crippen LogP contribution in [0.3, 0.4) is 0 Å². The van der Waals surface area contributed by atoms with Crippen molar-refractivity contribution in [2.75, 3.05) is 147 Å². The summed E-state index contributed by atoms with van der Waals surface area (Å²) in [7, 11) is 9.64. The number of hydrogen-bond donors (Lipinski definition) is 3. The number of carbonyl (C=O) groups is 5. The van der Waals surface area contributed by atoms with Crippen molar-refractivity contribution in [1.29, 1.82) is 0 Å². The minimum Gasteiger partial charge on any atom is -0.415 e. The number of Topliss-reactive ketones (excluding diaryl/α,β-unsaturated/α-hetero) is 3. The second-order valence-electron chi connectivity index (χ2n) is 15.1. The summed E-state index contributed by atoms with van der Waals surface area (Å²) in [6.07, 6.45) is 3.11. The summed E-state index contributed by atoms with van der Waals surface area (Å²) >= 11 is 0. The number of likely N-dealkylation sites (N-methyl/N-ethyl adjacent to an activating group) is 4. The lowest BCUT2D eigenvalue weighted by Crippen LogP contribution is -2.50. The van der Waals surface area contributed by atoms with Crippen molar-refractivity contribution in [3.63, 3.8) is 0 Å². The van der Waals surface area contributed by atoms with E-state index in [-0.39, 0.29) is 74.5 Å². The number of hydrogen-bond acceptors (Lipinski definition) is 13. The second kappa shape index (κ2) is 28.3. The molecule has 0 aliphatic carbocycles. The Labute approximate surface area is 322 Å². The monoisotopic (exact) mass is 769 g/mol. The van der Waals surface area contributed by atoms with Crippen LogP contribution in [0, 0.1) is 5.92 Å². The van der Waals surface area contributed by atoms with Crippen LogP contribution in [0.15, 0.2) is 0 Å². The topological polar surface area (TPSA) is 150 Å². The molecule has 0 bridgehead atoms. The second-order valence-corrected chi connectivity index (χ2v) is 17.2. The zero-order chi connectivity index (χ0) is 39.8. The summed E-state index contributed by atoms with van der Waals surface area (Å²) < 4.78 is 5.93. The first-order valence-electron chi connectivity index (χ1n) is 19.5. The maximum atomic E-state index is 14.1. The fourth-order valence-corrected chi connectivity index (χ4v) is 7.89. The summed E-state index contributed by atoms with van der Waals surface area (Å²) in [5.74, 6) is -0.295. The first-order valence-corrected chi connectivity index (χ1v) is 21.6. The Morgan fingerprint density at radius 3 is 1.66 bits per heavy atom. The first-order chi connectivity index (χ1) is 25.1. The van der Waals surface area contributed by atoms with Crippen molar-refractivity contribution in [3.8, 4) is 0 Å². The molecule has 307 valence electrons. The molecule has 16 heteroatoms. The summed E-state index contributed by atoms with van der Waals surface area (Å²) in [5.41, 5.74) is 0. The van der Waals surface area contributed by atoms with E-state index in [1.165, 1.54) is 0 Å². The van der Waals surface area contributed by atoms with Crippen molar-refractivity contribution in [1.82, 2.24) is 45.3 Å². The quantitative estimate of drug-likeness (QED) is 0.0894. The highest BCUT2D eigenvalue weighted by molar-refractivity contribution is 6.50. The number of carbonyl (C=O) groups excluding carboxylic acids is 5. The summed E-state index contributed by atoms with van der Waals surface area (Å²) in [6, 6.07) is 1.07. The van der Waals surface area contributed by atoms with E-state index in [2.05, 4.69) is 51.0 Å². The van der Waals surface area contributed by atoms with Crippen LogP contribution in [0.2, 0.25) is 12.6 Å². The van der Waals surface area contributed by atoms with Crippen LogP contribution in [0.1, 0.15) is 39.5 Å². The zero-order valence-corrected chi connectivity index (χ0v) is 35.6. The molecule has 1 fully saturated rings. The van der Waals surface area contributed by atoms with Gasteiger partial charge in [0.15, 0.2) is 11.6 Å². The average molecular weight is 769 g/mol. The van der Waals surface area contributed by atoms with Crippen LogP contribution in [-0.4, -0.2) is 221 Å². The van der Waals surface area contributed by atoms with Crippen LogP contribution in [0.25, 0.3) is 0 Å². The van der Waals surface area contributed by atoms with E-state index in [1.54, 1.807) is 52.1 Å². The molecule has 1 saturated heterocycles. The fraction of sp³-hybridized carbons (Fsp3) is 0.865. The summed E-state index contributed by atoms with van der Waals surface area (Å²) in [5, 5.41) is 9.38. The molecule has 3 N–H and O–H groups in total. The van der Waals surface area contributed by atoms with Crippen LogP contribution in [0.5, 0.6) is 0 Å². The molecule has 0 saturated carbocycles. The van der Waals surface area contributed by atoms with Gasteiger partial charge in [-0.2, -0.15) is 0 Å². The first kappa shape index (κ1) is 48.9. The third kappa shape index (κ3) is 23.4. The van der Waals surface area contributed by atoms with Crippen LogP contribution >= 0.6 is 0 Å². The third-order valence-corrected chi connectivity index (χ3v) is 11.1. The van der Waals surface area contributed by atoms with Crippen molar-refractivity contribution < 1.29 is 28.4 Å².